The van der Waals surface area contributed by atoms with Crippen LogP contribution < -0.4 is 5.73 Å². The van der Waals surface area contributed by atoms with E-state index < -0.39 is 0 Å². The molecule has 0 saturated heterocycles. The molecule has 0 aliphatic rings. The molecule has 0 radical (unpaired) electrons. The summed E-state index contributed by atoms with van der Waals surface area (Å²) in [6.45, 7) is 8.06. The second-order valence-electron chi connectivity index (χ2n) is 4.41. The Morgan fingerprint density at radius 2 is 1.92 bits per heavy atom. The van der Waals surface area contributed by atoms with Crippen LogP contribution in [0.1, 0.15) is 20.3 Å². The summed E-state index contributed by atoms with van der Waals surface area (Å²) in [5.74, 6) is 0. The summed E-state index contributed by atoms with van der Waals surface area (Å²) in [5, 5.41) is 0. The fourth-order valence-corrected chi connectivity index (χ4v) is 0.955. The van der Waals surface area contributed by atoms with Crippen molar-refractivity contribution in [3.8, 4) is 0 Å². The molecule has 0 saturated carbocycles. The lowest BCUT2D eigenvalue weighted by atomic mass is 9.89. The van der Waals surface area contributed by atoms with E-state index in [0.29, 0.717) is 0 Å². The molecule has 2 N–H and O–H groups in total. The average Bonchev–Trinajstić information content (AvgIpc) is 2.11. The maximum Gasteiger partial charge on any atom is 0.0589 e. The molecule has 0 aromatic rings. The van der Waals surface area contributed by atoms with E-state index in [2.05, 4.69) is 25.8 Å². The third-order valence-electron chi connectivity index (χ3n) is 2.40. The number of nitrogens with two attached hydrogens (primary N) is 1. The number of rotatable bonds is 7. The highest BCUT2D eigenvalue weighted by Gasteiger charge is 2.15. The van der Waals surface area contributed by atoms with Crippen molar-refractivity contribution in [3.63, 3.8) is 0 Å². The smallest absolute Gasteiger partial charge is 0.0589 e. The van der Waals surface area contributed by atoms with Crippen LogP contribution in [0.3, 0.4) is 0 Å². The SMILES string of the molecule is COCCN(C)CCC(C)(C)CN. The summed E-state index contributed by atoms with van der Waals surface area (Å²) in [7, 11) is 3.85. The van der Waals surface area contributed by atoms with Gasteiger partial charge in [-0.2, -0.15) is 0 Å². The first-order valence-corrected chi connectivity index (χ1v) is 4.89. The fourth-order valence-electron chi connectivity index (χ4n) is 0.955. The maximum atomic E-state index is 5.65. The molecule has 0 fully saturated rings. The summed E-state index contributed by atoms with van der Waals surface area (Å²) in [4.78, 5) is 2.28. The van der Waals surface area contributed by atoms with Gasteiger partial charge in [-0.3, -0.25) is 0 Å². The van der Waals surface area contributed by atoms with Crippen molar-refractivity contribution >= 4 is 0 Å². The molecule has 3 heteroatoms. The Kier molecular flexibility index (Phi) is 6.29. The number of hydrogen-bond acceptors (Lipinski definition) is 3. The van der Waals surface area contributed by atoms with Gasteiger partial charge < -0.3 is 15.4 Å². The first kappa shape index (κ1) is 12.9. The van der Waals surface area contributed by atoms with Gasteiger partial charge in [0.2, 0.25) is 0 Å². The van der Waals surface area contributed by atoms with Crippen molar-refractivity contribution in [3.05, 3.63) is 0 Å². The molecular weight excluding hydrogens is 164 g/mol. The van der Waals surface area contributed by atoms with E-state index in [-0.39, 0.29) is 5.41 Å². The maximum absolute atomic E-state index is 5.65. The first-order valence-electron chi connectivity index (χ1n) is 4.89. The lowest BCUT2D eigenvalue weighted by Gasteiger charge is -2.25. The molecule has 0 aromatic carbocycles. The van der Waals surface area contributed by atoms with Gasteiger partial charge in [-0.1, -0.05) is 13.8 Å². The van der Waals surface area contributed by atoms with Gasteiger partial charge in [0.15, 0.2) is 0 Å². The normalized spacial score (nSPS) is 12.5. The van der Waals surface area contributed by atoms with Crippen molar-refractivity contribution in [1.82, 2.24) is 4.90 Å². The van der Waals surface area contributed by atoms with Gasteiger partial charge >= 0.3 is 0 Å². The van der Waals surface area contributed by atoms with Gasteiger partial charge in [0.05, 0.1) is 6.61 Å². The predicted molar refractivity (Wildman–Crippen MR) is 56.8 cm³/mol. The molecule has 0 heterocycles. The van der Waals surface area contributed by atoms with E-state index in [0.717, 1.165) is 32.7 Å². The number of likely N-dealkylation sites (N-methyl/N-ethyl adjacent to an activating group) is 1. The minimum Gasteiger partial charge on any atom is -0.383 e. The molecule has 80 valence electrons. The highest BCUT2D eigenvalue weighted by Crippen LogP contribution is 2.17. The molecule has 0 bridgehead atoms. The molecule has 0 amide bonds. The summed E-state index contributed by atoms with van der Waals surface area (Å²) in [6.07, 6.45) is 1.14. The van der Waals surface area contributed by atoms with Gasteiger partial charge in [0.25, 0.3) is 0 Å². The van der Waals surface area contributed by atoms with Crippen LogP contribution in [-0.2, 0) is 4.74 Å². The highest BCUT2D eigenvalue weighted by atomic mass is 16.5. The number of hydrogen-bond donors (Lipinski definition) is 1. The lowest BCUT2D eigenvalue weighted by molar-refractivity contribution is 0.152. The topological polar surface area (TPSA) is 38.5 Å². The van der Waals surface area contributed by atoms with Crippen molar-refractivity contribution in [2.45, 2.75) is 20.3 Å². The first-order chi connectivity index (χ1) is 6.02. The molecule has 0 aliphatic heterocycles. The van der Waals surface area contributed by atoms with Crippen molar-refractivity contribution in [1.29, 1.82) is 0 Å². The standard InChI is InChI=1S/C10H24N2O/c1-10(2,9-11)5-6-12(3)7-8-13-4/h5-9,11H2,1-4H3. The van der Waals surface area contributed by atoms with E-state index >= 15 is 0 Å². The highest BCUT2D eigenvalue weighted by molar-refractivity contribution is 4.70. The van der Waals surface area contributed by atoms with Crippen LogP contribution in [0.5, 0.6) is 0 Å². The van der Waals surface area contributed by atoms with Crippen LogP contribution in [0.4, 0.5) is 0 Å². The molecule has 3 nitrogen and oxygen atoms in total. The third kappa shape index (κ3) is 6.99. The number of nitrogens with zero attached hydrogens (tertiary/aromatic N) is 1. The molecule has 0 spiro atoms. The van der Waals surface area contributed by atoms with E-state index in [4.69, 9.17) is 10.5 Å². The Labute approximate surface area is 82.2 Å². The monoisotopic (exact) mass is 188 g/mol. The summed E-state index contributed by atoms with van der Waals surface area (Å²) in [5.41, 5.74) is 5.91. The molecule has 13 heavy (non-hydrogen) atoms. The van der Waals surface area contributed by atoms with Crippen molar-refractivity contribution in [2.24, 2.45) is 11.1 Å². The van der Waals surface area contributed by atoms with E-state index in [1.54, 1.807) is 7.11 Å². The zero-order valence-electron chi connectivity index (χ0n) is 9.47. The van der Waals surface area contributed by atoms with Crippen LogP contribution in [0.25, 0.3) is 0 Å². The lowest BCUT2D eigenvalue weighted by Crippen LogP contribution is -2.31. The Morgan fingerprint density at radius 1 is 1.31 bits per heavy atom. The summed E-state index contributed by atoms with van der Waals surface area (Å²) in [6, 6.07) is 0. The second-order valence-corrected chi connectivity index (χ2v) is 4.41. The average molecular weight is 188 g/mol. The number of methoxy groups -OCH3 is 1. The van der Waals surface area contributed by atoms with Crippen molar-refractivity contribution < 1.29 is 4.74 Å². The Balaban J connectivity index is 3.51. The molecule has 0 atom stereocenters. The molecule has 0 aromatic heterocycles. The van der Waals surface area contributed by atoms with E-state index in [9.17, 15) is 0 Å². The van der Waals surface area contributed by atoms with Gasteiger partial charge in [0.1, 0.15) is 0 Å². The Hall–Kier alpha value is -0.120. The molecule has 0 aliphatic carbocycles. The van der Waals surface area contributed by atoms with Gasteiger partial charge in [-0.25, -0.2) is 0 Å². The summed E-state index contributed by atoms with van der Waals surface area (Å²) >= 11 is 0. The second kappa shape index (κ2) is 6.35. The van der Waals surface area contributed by atoms with Gasteiger partial charge in [0, 0.05) is 13.7 Å². The zero-order valence-corrected chi connectivity index (χ0v) is 9.47. The molecule has 0 unspecified atom stereocenters. The predicted octanol–water partition coefficient (Wildman–Crippen LogP) is 0.940. The molecule has 0 rings (SSSR count). The van der Waals surface area contributed by atoms with Crippen LogP contribution in [-0.4, -0.2) is 45.3 Å². The number of ether oxygens (including phenoxy) is 1. The Morgan fingerprint density at radius 3 is 2.38 bits per heavy atom. The fraction of sp³-hybridized carbons (Fsp3) is 1.00. The zero-order chi connectivity index (χ0) is 10.3. The van der Waals surface area contributed by atoms with Gasteiger partial charge in [-0.05, 0) is 32.0 Å². The van der Waals surface area contributed by atoms with E-state index in [1.807, 2.05) is 0 Å². The van der Waals surface area contributed by atoms with Crippen LogP contribution in [0, 0.1) is 5.41 Å². The third-order valence-corrected chi connectivity index (χ3v) is 2.40. The molecular formula is C10H24N2O. The van der Waals surface area contributed by atoms with Crippen LogP contribution >= 0.6 is 0 Å². The minimum absolute atomic E-state index is 0.265. The summed E-state index contributed by atoms with van der Waals surface area (Å²) < 4.78 is 5.00. The van der Waals surface area contributed by atoms with E-state index in [1.165, 1.54) is 0 Å². The van der Waals surface area contributed by atoms with Crippen molar-refractivity contribution in [2.75, 3.05) is 40.4 Å². The Bertz CT molecular complexity index is 126. The minimum atomic E-state index is 0.265. The van der Waals surface area contributed by atoms with Gasteiger partial charge in [-0.15, -0.1) is 0 Å². The quantitative estimate of drug-likeness (QED) is 0.646. The van der Waals surface area contributed by atoms with Crippen LogP contribution in [0.15, 0.2) is 0 Å². The largest absolute Gasteiger partial charge is 0.383 e. The van der Waals surface area contributed by atoms with Crippen LogP contribution in [0.2, 0.25) is 0 Å².